The van der Waals surface area contributed by atoms with Gasteiger partial charge in [0.2, 0.25) is 0 Å². The van der Waals surface area contributed by atoms with Crippen molar-refractivity contribution in [3.8, 4) is 5.75 Å². The molecule has 132 valence electrons. The Morgan fingerprint density at radius 2 is 2.17 bits per heavy atom. The molecule has 0 saturated heterocycles. The van der Waals surface area contributed by atoms with E-state index < -0.39 is 5.97 Å². The molecule has 0 heterocycles. The number of methoxy groups -OCH3 is 1. The molecule has 2 aliphatic rings. The number of hydrogen-bond acceptors (Lipinski definition) is 4. The van der Waals surface area contributed by atoms with E-state index in [9.17, 15) is 4.79 Å². The molecule has 1 aromatic carbocycles. The van der Waals surface area contributed by atoms with Gasteiger partial charge >= 0.3 is 5.97 Å². The first-order chi connectivity index (χ1) is 11.5. The topological polar surface area (TPSA) is 61.8 Å². The fraction of sp³-hybridized carbons (Fsp3) is 0.611. The Balaban J connectivity index is 1.44. The number of carbonyl (C=O) groups is 1. The average molecular weight is 353 g/mol. The minimum atomic E-state index is -0.725. The van der Waals surface area contributed by atoms with E-state index in [0.29, 0.717) is 17.1 Å². The van der Waals surface area contributed by atoms with E-state index in [2.05, 4.69) is 10.2 Å². The molecule has 0 aromatic heterocycles. The zero-order chi connectivity index (χ0) is 17.1. The average Bonchev–Trinajstić information content (AvgIpc) is 3.30. The van der Waals surface area contributed by atoms with Crippen molar-refractivity contribution in [1.29, 1.82) is 0 Å². The third kappa shape index (κ3) is 4.62. The maximum atomic E-state index is 11.1. The van der Waals surface area contributed by atoms with E-state index in [1.165, 1.54) is 12.8 Å². The highest BCUT2D eigenvalue weighted by Gasteiger charge is 2.36. The van der Waals surface area contributed by atoms with Crippen LogP contribution in [0.2, 0.25) is 5.02 Å². The molecule has 0 unspecified atom stereocenters. The van der Waals surface area contributed by atoms with Gasteiger partial charge in [0.05, 0.1) is 13.7 Å². The van der Waals surface area contributed by atoms with Gasteiger partial charge in [-0.3, -0.25) is 9.69 Å². The molecule has 0 aliphatic heterocycles. The van der Waals surface area contributed by atoms with Crippen LogP contribution in [0.25, 0.3) is 0 Å². The number of rotatable bonds is 9. The SMILES string of the molecule is COc1ccc(CNC2CC(N(CC(=O)O)CC3CC3)C2)c(Cl)c1. The van der Waals surface area contributed by atoms with Crippen LogP contribution in [-0.4, -0.2) is 48.3 Å². The van der Waals surface area contributed by atoms with Crippen molar-refractivity contribution in [2.75, 3.05) is 20.2 Å². The zero-order valence-electron chi connectivity index (χ0n) is 14.0. The normalized spacial score (nSPS) is 23.1. The van der Waals surface area contributed by atoms with E-state index >= 15 is 0 Å². The summed E-state index contributed by atoms with van der Waals surface area (Å²) in [6, 6.07) is 6.55. The van der Waals surface area contributed by atoms with Crippen LogP contribution in [0, 0.1) is 5.92 Å². The molecule has 0 atom stereocenters. The maximum absolute atomic E-state index is 11.1. The molecular weight excluding hydrogens is 328 g/mol. The standard InChI is InChI=1S/C18H25ClN2O3/c1-24-16-5-4-13(17(19)8-16)9-20-14-6-15(7-14)21(11-18(22)23)10-12-2-3-12/h4-5,8,12,14-15,20H,2-3,6-7,9-11H2,1H3,(H,22,23). The lowest BCUT2D eigenvalue weighted by Crippen LogP contribution is -2.54. The lowest BCUT2D eigenvalue weighted by molar-refractivity contribution is -0.139. The number of aliphatic carboxylic acids is 1. The molecule has 5 nitrogen and oxygen atoms in total. The predicted molar refractivity (Wildman–Crippen MR) is 93.6 cm³/mol. The predicted octanol–water partition coefficient (Wildman–Crippen LogP) is 2.77. The first-order valence-electron chi connectivity index (χ1n) is 8.56. The minimum Gasteiger partial charge on any atom is -0.497 e. The van der Waals surface area contributed by atoms with Gasteiger partial charge < -0.3 is 15.2 Å². The third-order valence-electron chi connectivity index (χ3n) is 5.00. The van der Waals surface area contributed by atoms with Crippen molar-refractivity contribution in [3.63, 3.8) is 0 Å². The molecular formula is C18H25ClN2O3. The zero-order valence-corrected chi connectivity index (χ0v) is 14.8. The van der Waals surface area contributed by atoms with Gasteiger partial charge in [-0.25, -0.2) is 0 Å². The number of halogens is 1. The third-order valence-corrected chi connectivity index (χ3v) is 5.35. The van der Waals surface area contributed by atoms with Crippen LogP contribution in [0.5, 0.6) is 5.75 Å². The number of ether oxygens (including phenoxy) is 1. The number of carboxylic acid groups (broad SMARTS) is 1. The van der Waals surface area contributed by atoms with E-state index in [1.807, 2.05) is 18.2 Å². The second-order valence-corrected chi connectivity index (χ2v) is 7.33. The van der Waals surface area contributed by atoms with E-state index in [1.54, 1.807) is 7.11 Å². The molecule has 3 rings (SSSR count). The molecule has 0 amide bonds. The lowest BCUT2D eigenvalue weighted by Gasteiger charge is -2.43. The molecule has 6 heteroatoms. The number of nitrogens with one attached hydrogen (secondary N) is 1. The fourth-order valence-corrected chi connectivity index (χ4v) is 3.49. The van der Waals surface area contributed by atoms with Gasteiger partial charge in [0, 0.05) is 30.2 Å². The van der Waals surface area contributed by atoms with E-state index in [4.69, 9.17) is 21.4 Å². The van der Waals surface area contributed by atoms with Crippen molar-refractivity contribution in [2.45, 2.75) is 44.3 Å². The Labute approximate surface area is 147 Å². The second-order valence-electron chi connectivity index (χ2n) is 6.93. The van der Waals surface area contributed by atoms with Crippen molar-refractivity contribution < 1.29 is 14.6 Å². The minimum absolute atomic E-state index is 0.165. The molecule has 2 saturated carbocycles. The monoisotopic (exact) mass is 352 g/mol. The van der Waals surface area contributed by atoms with E-state index in [0.717, 1.165) is 43.2 Å². The van der Waals surface area contributed by atoms with Crippen LogP contribution in [0.3, 0.4) is 0 Å². The summed E-state index contributed by atoms with van der Waals surface area (Å²) >= 11 is 6.26. The lowest BCUT2D eigenvalue weighted by atomic mass is 9.85. The van der Waals surface area contributed by atoms with Gasteiger partial charge in [0.15, 0.2) is 0 Å². The van der Waals surface area contributed by atoms with Crippen LogP contribution >= 0.6 is 11.6 Å². The second kappa shape index (κ2) is 7.72. The van der Waals surface area contributed by atoms with Crippen molar-refractivity contribution in [1.82, 2.24) is 10.2 Å². The molecule has 0 radical (unpaired) electrons. The highest BCUT2D eigenvalue weighted by Crippen LogP contribution is 2.34. The summed E-state index contributed by atoms with van der Waals surface area (Å²) < 4.78 is 5.16. The van der Waals surface area contributed by atoms with Gasteiger partial charge in [0.1, 0.15) is 5.75 Å². The number of hydrogen-bond donors (Lipinski definition) is 2. The molecule has 1 aromatic rings. The van der Waals surface area contributed by atoms with Gasteiger partial charge in [-0.2, -0.15) is 0 Å². The van der Waals surface area contributed by atoms with Crippen LogP contribution in [0.4, 0.5) is 0 Å². The van der Waals surface area contributed by atoms with Crippen LogP contribution in [-0.2, 0) is 11.3 Å². The van der Waals surface area contributed by atoms with Crippen molar-refractivity contribution in [2.24, 2.45) is 5.92 Å². The van der Waals surface area contributed by atoms with Crippen LogP contribution in [0.15, 0.2) is 18.2 Å². The number of benzene rings is 1. The quantitative estimate of drug-likeness (QED) is 0.715. The first-order valence-corrected chi connectivity index (χ1v) is 8.94. The van der Waals surface area contributed by atoms with Crippen LogP contribution in [0.1, 0.15) is 31.2 Å². The largest absolute Gasteiger partial charge is 0.497 e. The Bertz CT molecular complexity index is 586. The molecule has 2 N–H and O–H groups in total. The maximum Gasteiger partial charge on any atom is 0.317 e. The number of nitrogens with zero attached hydrogens (tertiary/aromatic N) is 1. The summed E-state index contributed by atoms with van der Waals surface area (Å²) in [5.41, 5.74) is 1.06. The Kier molecular flexibility index (Phi) is 5.64. The van der Waals surface area contributed by atoms with Crippen LogP contribution < -0.4 is 10.1 Å². The molecule has 2 fully saturated rings. The highest BCUT2D eigenvalue weighted by molar-refractivity contribution is 6.31. The van der Waals surface area contributed by atoms with Crippen molar-refractivity contribution in [3.05, 3.63) is 28.8 Å². The summed E-state index contributed by atoms with van der Waals surface area (Å²) in [6.45, 7) is 1.83. The summed E-state index contributed by atoms with van der Waals surface area (Å²) in [6.07, 6.45) is 4.52. The Morgan fingerprint density at radius 3 is 2.75 bits per heavy atom. The highest BCUT2D eigenvalue weighted by atomic mass is 35.5. The molecule has 0 spiro atoms. The summed E-state index contributed by atoms with van der Waals surface area (Å²) in [5, 5.41) is 13.3. The summed E-state index contributed by atoms with van der Waals surface area (Å²) in [5.74, 6) is 0.753. The molecule has 0 bridgehead atoms. The molecule has 24 heavy (non-hydrogen) atoms. The van der Waals surface area contributed by atoms with E-state index in [-0.39, 0.29) is 6.54 Å². The van der Waals surface area contributed by atoms with Gasteiger partial charge in [-0.15, -0.1) is 0 Å². The van der Waals surface area contributed by atoms with Crippen molar-refractivity contribution >= 4 is 17.6 Å². The smallest absolute Gasteiger partial charge is 0.317 e. The summed E-state index contributed by atoms with van der Waals surface area (Å²) in [4.78, 5) is 13.2. The fourth-order valence-electron chi connectivity index (χ4n) is 3.25. The first kappa shape index (κ1) is 17.5. The Hall–Kier alpha value is -1.30. The van der Waals surface area contributed by atoms with Gasteiger partial charge in [-0.1, -0.05) is 17.7 Å². The Morgan fingerprint density at radius 1 is 1.42 bits per heavy atom. The summed E-state index contributed by atoms with van der Waals surface area (Å²) in [7, 11) is 1.63. The van der Waals surface area contributed by atoms with Gasteiger partial charge in [-0.05, 0) is 49.3 Å². The number of carboxylic acids is 1. The van der Waals surface area contributed by atoms with Gasteiger partial charge in [0.25, 0.3) is 0 Å². The molecule has 2 aliphatic carbocycles.